The largest absolute Gasteiger partial charge is 0.452 e. The highest BCUT2D eigenvalue weighted by Gasteiger charge is 2.49. The fourth-order valence-electron chi connectivity index (χ4n) is 6.31. The summed E-state index contributed by atoms with van der Waals surface area (Å²) >= 11 is 0. The Hall–Kier alpha value is -1.13. The first kappa shape index (κ1) is 17.0. The number of ether oxygens (including phenoxy) is 2. The standard InChI is InChI=1S/C21H34BN2O2/c1-13(2)17-11-25-19-20-24(18(12-26-20)14(3)4)21(23(17)19)22-15-7-5-8-16(22)10-6-9-15/h13-18H,5-12H2,1-4H3/t15?,16?,17-,18-/m1/s1. The fraction of sp³-hybridized carbons (Fsp3) is 0.857. The third-order valence-corrected chi connectivity index (χ3v) is 7.71. The lowest BCUT2D eigenvalue weighted by molar-refractivity contribution is -0.695. The van der Waals surface area contributed by atoms with E-state index < -0.39 is 0 Å². The maximum atomic E-state index is 6.25. The monoisotopic (exact) mass is 357 g/mol. The lowest BCUT2D eigenvalue weighted by atomic mass is 9.26. The summed E-state index contributed by atoms with van der Waals surface area (Å²) in [5, 5.41) is 0. The minimum atomic E-state index is 0.456. The third-order valence-electron chi connectivity index (χ3n) is 7.71. The van der Waals surface area contributed by atoms with Gasteiger partial charge < -0.3 is 9.47 Å². The van der Waals surface area contributed by atoms with Crippen molar-refractivity contribution in [3.8, 4) is 11.8 Å². The van der Waals surface area contributed by atoms with Crippen molar-refractivity contribution in [3.63, 3.8) is 0 Å². The van der Waals surface area contributed by atoms with Gasteiger partial charge in [0.15, 0.2) is 0 Å². The lowest BCUT2D eigenvalue weighted by Crippen LogP contribution is -2.64. The summed E-state index contributed by atoms with van der Waals surface area (Å²) in [7, 11) is 0. The van der Waals surface area contributed by atoms with Crippen LogP contribution in [0.2, 0.25) is 11.6 Å². The number of aromatic nitrogens is 2. The molecule has 0 N–H and O–H groups in total. The predicted octanol–water partition coefficient (Wildman–Crippen LogP) is 3.76. The van der Waals surface area contributed by atoms with Gasteiger partial charge in [-0.15, -0.1) is 0 Å². The van der Waals surface area contributed by atoms with E-state index in [2.05, 4.69) is 36.8 Å². The second-order valence-corrected chi connectivity index (χ2v) is 9.86. The van der Waals surface area contributed by atoms with E-state index in [1.807, 2.05) is 0 Å². The summed E-state index contributed by atoms with van der Waals surface area (Å²) in [5.41, 5.74) is 1.57. The van der Waals surface area contributed by atoms with Crippen LogP contribution in [-0.4, -0.2) is 24.5 Å². The Morgan fingerprint density at radius 1 is 0.923 bits per heavy atom. The molecule has 0 saturated carbocycles. The zero-order valence-corrected chi connectivity index (χ0v) is 16.9. The predicted molar refractivity (Wildman–Crippen MR) is 104 cm³/mol. The highest BCUT2D eigenvalue weighted by Crippen LogP contribution is 2.48. The molecule has 4 aliphatic rings. The molecule has 0 spiro atoms. The molecule has 5 heterocycles. The molecule has 1 radical (unpaired) electrons. The van der Waals surface area contributed by atoms with Gasteiger partial charge in [0.25, 0.3) is 0 Å². The van der Waals surface area contributed by atoms with Crippen LogP contribution in [0.3, 0.4) is 0 Å². The molecule has 4 nitrogen and oxygen atoms in total. The first-order chi connectivity index (χ1) is 12.6. The third kappa shape index (κ3) is 2.31. The Bertz CT molecular complexity index is 635. The van der Waals surface area contributed by atoms with Crippen molar-refractivity contribution in [3.05, 3.63) is 0 Å². The highest BCUT2D eigenvalue weighted by atomic mass is 16.5. The van der Waals surface area contributed by atoms with Crippen LogP contribution in [0.15, 0.2) is 0 Å². The molecule has 0 aromatic carbocycles. The summed E-state index contributed by atoms with van der Waals surface area (Å²) in [5.74, 6) is 4.96. The quantitative estimate of drug-likeness (QED) is 0.608. The number of fused-ring (bicyclic) bond motifs is 5. The van der Waals surface area contributed by atoms with Gasteiger partial charge in [-0.2, -0.15) is 11.6 Å². The topological polar surface area (TPSA) is 27.3 Å². The summed E-state index contributed by atoms with van der Waals surface area (Å²) < 4.78 is 17.7. The van der Waals surface area contributed by atoms with Gasteiger partial charge in [0.2, 0.25) is 0 Å². The minimum Gasteiger partial charge on any atom is -0.452 e. The van der Waals surface area contributed by atoms with E-state index in [1.165, 1.54) is 38.5 Å². The van der Waals surface area contributed by atoms with Gasteiger partial charge in [-0.3, -0.25) is 0 Å². The van der Waals surface area contributed by atoms with Crippen molar-refractivity contribution in [1.82, 2.24) is 4.57 Å². The lowest BCUT2D eigenvalue weighted by Gasteiger charge is -2.49. The van der Waals surface area contributed by atoms with E-state index >= 15 is 0 Å². The molecule has 1 aromatic rings. The number of hydrogen-bond acceptors (Lipinski definition) is 2. The van der Waals surface area contributed by atoms with Gasteiger partial charge in [0.05, 0.1) is 0 Å². The van der Waals surface area contributed by atoms with E-state index in [0.29, 0.717) is 30.6 Å². The van der Waals surface area contributed by atoms with E-state index in [-0.39, 0.29) is 0 Å². The first-order valence-electron chi connectivity index (χ1n) is 11.0. The van der Waals surface area contributed by atoms with Gasteiger partial charge in [-0.25, -0.2) is 9.13 Å². The minimum absolute atomic E-state index is 0.456. The van der Waals surface area contributed by atoms with Gasteiger partial charge >= 0.3 is 11.8 Å². The van der Waals surface area contributed by atoms with Crippen molar-refractivity contribution in [2.45, 2.75) is 89.9 Å². The van der Waals surface area contributed by atoms with Gasteiger partial charge in [-0.05, 0) is 11.8 Å². The number of rotatable bonds is 3. The first-order valence-corrected chi connectivity index (χ1v) is 11.0. The van der Waals surface area contributed by atoms with Crippen LogP contribution in [-0.2, 0) is 0 Å². The molecule has 5 rings (SSSR count). The van der Waals surface area contributed by atoms with Crippen LogP contribution in [0.5, 0.6) is 11.8 Å². The second kappa shape index (κ2) is 6.20. The molecule has 1 aromatic heterocycles. The number of hydrogen-bond donors (Lipinski definition) is 0. The van der Waals surface area contributed by atoms with Crippen molar-refractivity contribution in [1.29, 1.82) is 0 Å². The van der Waals surface area contributed by atoms with Crippen LogP contribution >= 0.6 is 0 Å². The molecule has 4 aliphatic heterocycles. The number of nitrogens with zero attached hydrogens (tertiary/aromatic N) is 2. The molecule has 2 atom stereocenters. The Labute approximate surface area is 158 Å². The van der Waals surface area contributed by atoms with Crippen molar-refractivity contribution >= 4 is 12.4 Å². The average Bonchev–Trinajstić information content (AvgIpc) is 3.24. The molecule has 0 unspecified atom stereocenters. The fourth-order valence-corrected chi connectivity index (χ4v) is 6.31. The molecule has 0 amide bonds. The van der Waals surface area contributed by atoms with Gasteiger partial charge in [-0.1, -0.05) is 66.2 Å². The SMILES string of the molecule is CC(C)[C@H]1COc2c3[n+](c([B-]4C5CCCC4CCC5)n21)[C@@H](C(C)C)CO3. The van der Waals surface area contributed by atoms with E-state index in [4.69, 9.17) is 9.47 Å². The van der Waals surface area contributed by atoms with Gasteiger partial charge in [0.1, 0.15) is 25.3 Å². The summed E-state index contributed by atoms with van der Waals surface area (Å²) in [4.78, 5) is 0. The second-order valence-electron chi connectivity index (χ2n) is 9.86. The average molecular weight is 357 g/mol. The maximum absolute atomic E-state index is 6.25. The highest BCUT2D eigenvalue weighted by molar-refractivity contribution is 6.74. The van der Waals surface area contributed by atoms with Crippen LogP contribution in [0.25, 0.3) is 0 Å². The molecular formula is C21H34BN2O2. The normalized spacial score (nSPS) is 33.3. The molecular weight excluding hydrogens is 323 g/mol. The Morgan fingerprint density at radius 2 is 1.58 bits per heavy atom. The summed E-state index contributed by atoms with van der Waals surface area (Å²) in [6.07, 6.45) is 8.52. The maximum Gasteiger partial charge on any atom is 0.370 e. The molecule has 26 heavy (non-hydrogen) atoms. The molecule has 2 bridgehead atoms. The van der Waals surface area contributed by atoms with Crippen molar-refractivity contribution < 1.29 is 14.0 Å². The van der Waals surface area contributed by atoms with Crippen LogP contribution < -0.4 is 19.8 Å². The van der Waals surface area contributed by atoms with E-state index in [9.17, 15) is 0 Å². The Balaban J connectivity index is 1.70. The van der Waals surface area contributed by atoms with Crippen LogP contribution in [0.4, 0.5) is 0 Å². The zero-order valence-electron chi connectivity index (χ0n) is 16.9. The molecule has 143 valence electrons. The molecule has 2 saturated heterocycles. The van der Waals surface area contributed by atoms with Crippen molar-refractivity contribution in [2.24, 2.45) is 11.8 Å². The van der Waals surface area contributed by atoms with E-state index in [0.717, 1.165) is 36.6 Å². The number of imidazole rings is 1. The Kier molecular flexibility index (Phi) is 4.06. The Morgan fingerprint density at radius 3 is 2.15 bits per heavy atom. The summed E-state index contributed by atoms with van der Waals surface area (Å²) in [6, 6.07) is 0.911. The van der Waals surface area contributed by atoms with Crippen LogP contribution in [0.1, 0.15) is 78.3 Å². The van der Waals surface area contributed by atoms with Crippen LogP contribution in [0, 0.1) is 11.8 Å². The van der Waals surface area contributed by atoms with Crippen molar-refractivity contribution in [2.75, 3.05) is 13.2 Å². The molecule has 2 fully saturated rings. The molecule has 5 heteroatoms. The summed E-state index contributed by atoms with van der Waals surface area (Å²) in [6.45, 7) is 11.7. The molecule has 0 aliphatic carbocycles. The zero-order chi connectivity index (χ0) is 18.0. The smallest absolute Gasteiger partial charge is 0.370 e. The van der Waals surface area contributed by atoms with E-state index in [1.54, 1.807) is 5.72 Å². The van der Waals surface area contributed by atoms with Gasteiger partial charge in [0, 0.05) is 12.4 Å².